The summed E-state index contributed by atoms with van der Waals surface area (Å²) in [5.74, 6) is -1.45. The molecule has 0 spiro atoms. The van der Waals surface area contributed by atoms with Gasteiger partial charge in [-0.25, -0.2) is 8.78 Å². The normalized spacial score (nSPS) is 32.6. The Kier molecular flexibility index (Phi) is 2.28. The van der Waals surface area contributed by atoms with Gasteiger partial charge >= 0.3 is 0 Å². The topological polar surface area (TPSA) is 25.2 Å². The minimum atomic E-state index is -2.46. The summed E-state index contributed by atoms with van der Waals surface area (Å²) in [6.45, 7) is 0.827. The van der Waals surface area contributed by atoms with E-state index in [0.29, 0.717) is 6.42 Å². The van der Waals surface area contributed by atoms with Crippen molar-refractivity contribution < 1.29 is 13.2 Å². The third-order valence-electron chi connectivity index (χ3n) is 3.74. The number of hydrogen-bond donors (Lipinski definition) is 1. The first kappa shape index (κ1) is 10.3. The van der Waals surface area contributed by atoms with Gasteiger partial charge in [0.15, 0.2) is 0 Å². The van der Waals surface area contributed by atoms with E-state index >= 15 is 0 Å². The van der Waals surface area contributed by atoms with Crippen LogP contribution >= 0.6 is 0 Å². The van der Waals surface area contributed by atoms with Crippen molar-refractivity contribution in [1.82, 2.24) is 5.32 Å². The van der Waals surface area contributed by atoms with Crippen molar-refractivity contribution in [2.75, 3.05) is 6.54 Å². The molecule has 4 heteroatoms. The summed E-state index contributed by atoms with van der Waals surface area (Å²) in [5, 5.41) is 3.35. The summed E-state index contributed by atoms with van der Waals surface area (Å²) in [4.78, 5) is 0. The fourth-order valence-electron chi connectivity index (χ4n) is 2.97. The van der Waals surface area contributed by atoms with Crippen LogP contribution in [0, 0.1) is 5.92 Å². The molecule has 1 N–H and O–H groups in total. The lowest BCUT2D eigenvalue weighted by molar-refractivity contribution is 0.00310. The van der Waals surface area contributed by atoms with Gasteiger partial charge in [0.05, 0.1) is 6.26 Å². The Balaban J connectivity index is 1.83. The van der Waals surface area contributed by atoms with Gasteiger partial charge in [-0.05, 0) is 18.4 Å². The van der Waals surface area contributed by atoms with Gasteiger partial charge in [-0.3, -0.25) is 0 Å². The molecule has 2 atom stereocenters. The molecule has 2 heterocycles. The number of hydrogen-bond acceptors (Lipinski definition) is 2. The molecule has 0 aromatic carbocycles. The van der Waals surface area contributed by atoms with Crippen LogP contribution in [0.4, 0.5) is 8.78 Å². The van der Waals surface area contributed by atoms with Crippen LogP contribution in [0.25, 0.3) is 0 Å². The van der Waals surface area contributed by atoms with Gasteiger partial charge in [-0.15, -0.1) is 0 Å². The van der Waals surface area contributed by atoms with Gasteiger partial charge in [-0.1, -0.05) is 0 Å². The Labute approximate surface area is 93.0 Å². The molecule has 2 aliphatic rings. The average Bonchev–Trinajstić information content (AvgIpc) is 2.83. The fraction of sp³-hybridized carbons (Fsp3) is 0.667. The minimum absolute atomic E-state index is 0.00921. The highest BCUT2D eigenvalue weighted by molar-refractivity contribution is 5.25. The Morgan fingerprint density at radius 3 is 3.06 bits per heavy atom. The molecule has 1 aliphatic heterocycles. The number of rotatable bonds is 1. The average molecular weight is 227 g/mol. The number of alkyl halides is 2. The van der Waals surface area contributed by atoms with Crippen molar-refractivity contribution in [2.45, 2.75) is 37.6 Å². The van der Waals surface area contributed by atoms with E-state index in [0.717, 1.165) is 24.3 Å². The van der Waals surface area contributed by atoms with Crippen LogP contribution in [0.15, 0.2) is 16.7 Å². The Morgan fingerprint density at radius 1 is 1.44 bits per heavy atom. The molecule has 0 saturated heterocycles. The minimum Gasteiger partial charge on any atom is -0.469 e. The summed E-state index contributed by atoms with van der Waals surface area (Å²) < 4.78 is 31.8. The largest absolute Gasteiger partial charge is 0.469 e. The van der Waals surface area contributed by atoms with Crippen molar-refractivity contribution >= 4 is 0 Å². The summed E-state index contributed by atoms with van der Waals surface area (Å²) in [6, 6.07) is 1.98. The van der Waals surface area contributed by atoms with Gasteiger partial charge in [0.1, 0.15) is 5.76 Å². The summed E-state index contributed by atoms with van der Waals surface area (Å²) in [5.41, 5.74) is 1.09. The van der Waals surface area contributed by atoms with E-state index < -0.39 is 5.92 Å². The maximum Gasteiger partial charge on any atom is 0.248 e. The first-order valence-corrected chi connectivity index (χ1v) is 5.83. The van der Waals surface area contributed by atoms with Gasteiger partial charge in [0.25, 0.3) is 0 Å². The van der Waals surface area contributed by atoms with Crippen LogP contribution in [-0.4, -0.2) is 12.5 Å². The zero-order valence-corrected chi connectivity index (χ0v) is 9.01. The standard InChI is InChI=1S/C12H15F2NO/c13-12(14)4-1-8(7-12)11-9-3-6-16-10(9)2-5-15-11/h3,6,8,11,15H,1-2,4-5,7H2. The molecule has 2 unspecified atom stereocenters. The van der Waals surface area contributed by atoms with E-state index in [1.54, 1.807) is 6.26 Å². The quantitative estimate of drug-likeness (QED) is 0.798. The summed E-state index contributed by atoms with van der Waals surface area (Å²) in [6.07, 6.45) is 3.17. The van der Waals surface area contributed by atoms with E-state index in [1.807, 2.05) is 6.07 Å². The molecule has 1 aliphatic carbocycles. The highest BCUT2D eigenvalue weighted by Gasteiger charge is 2.44. The van der Waals surface area contributed by atoms with E-state index in [9.17, 15) is 8.78 Å². The molecule has 1 fully saturated rings. The first-order valence-electron chi connectivity index (χ1n) is 5.83. The van der Waals surface area contributed by atoms with Crippen molar-refractivity contribution in [3.63, 3.8) is 0 Å². The molecule has 1 aromatic rings. The van der Waals surface area contributed by atoms with Gasteiger partial charge < -0.3 is 9.73 Å². The predicted molar refractivity (Wildman–Crippen MR) is 55.4 cm³/mol. The van der Waals surface area contributed by atoms with Crippen LogP contribution in [0.1, 0.15) is 36.6 Å². The van der Waals surface area contributed by atoms with Gasteiger partial charge in [0.2, 0.25) is 5.92 Å². The lowest BCUT2D eigenvalue weighted by atomic mass is 9.89. The second-order valence-electron chi connectivity index (χ2n) is 4.84. The van der Waals surface area contributed by atoms with Crippen molar-refractivity contribution in [3.8, 4) is 0 Å². The van der Waals surface area contributed by atoms with Crippen molar-refractivity contribution in [3.05, 3.63) is 23.7 Å². The number of nitrogens with one attached hydrogen (secondary N) is 1. The second kappa shape index (κ2) is 3.55. The molecule has 88 valence electrons. The highest BCUT2D eigenvalue weighted by Crippen LogP contribution is 2.45. The van der Waals surface area contributed by atoms with Crippen LogP contribution < -0.4 is 5.32 Å². The van der Waals surface area contributed by atoms with Crippen LogP contribution in [0.5, 0.6) is 0 Å². The molecular weight excluding hydrogens is 212 g/mol. The van der Waals surface area contributed by atoms with Crippen LogP contribution in [-0.2, 0) is 6.42 Å². The molecule has 2 nitrogen and oxygen atoms in total. The van der Waals surface area contributed by atoms with Crippen LogP contribution in [0.2, 0.25) is 0 Å². The van der Waals surface area contributed by atoms with Gasteiger partial charge in [-0.2, -0.15) is 0 Å². The number of furan rings is 1. The Bertz CT molecular complexity index is 388. The number of fused-ring (bicyclic) bond motifs is 1. The van der Waals surface area contributed by atoms with E-state index in [4.69, 9.17) is 4.42 Å². The molecular formula is C12H15F2NO. The van der Waals surface area contributed by atoms with Crippen molar-refractivity contribution in [1.29, 1.82) is 0 Å². The monoisotopic (exact) mass is 227 g/mol. The smallest absolute Gasteiger partial charge is 0.248 e. The third-order valence-corrected chi connectivity index (χ3v) is 3.74. The molecule has 0 radical (unpaired) electrons. The molecule has 0 bridgehead atoms. The van der Waals surface area contributed by atoms with Crippen LogP contribution in [0.3, 0.4) is 0 Å². The maximum atomic E-state index is 13.2. The zero-order chi connectivity index (χ0) is 11.2. The summed E-state index contributed by atoms with van der Waals surface area (Å²) >= 11 is 0. The zero-order valence-electron chi connectivity index (χ0n) is 9.01. The maximum absolute atomic E-state index is 13.2. The SMILES string of the molecule is FC1(F)CCC(C2NCCc3occc32)C1. The molecule has 3 rings (SSSR count). The van der Waals surface area contributed by atoms with Crippen molar-refractivity contribution in [2.24, 2.45) is 5.92 Å². The lowest BCUT2D eigenvalue weighted by Gasteiger charge is -2.28. The highest BCUT2D eigenvalue weighted by atomic mass is 19.3. The first-order chi connectivity index (χ1) is 7.66. The van der Waals surface area contributed by atoms with E-state index in [-0.39, 0.29) is 24.8 Å². The summed E-state index contributed by atoms with van der Waals surface area (Å²) in [7, 11) is 0. The molecule has 16 heavy (non-hydrogen) atoms. The molecule has 1 saturated carbocycles. The lowest BCUT2D eigenvalue weighted by Crippen LogP contribution is -2.33. The van der Waals surface area contributed by atoms with E-state index in [1.165, 1.54) is 0 Å². The Hall–Kier alpha value is -0.900. The second-order valence-corrected chi connectivity index (χ2v) is 4.84. The molecule has 1 aromatic heterocycles. The predicted octanol–water partition coefficient (Wildman–Crippen LogP) is 2.90. The number of halogens is 2. The third kappa shape index (κ3) is 1.65. The Morgan fingerprint density at radius 2 is 2.31 bits per heavy atom. The molecule has 0 amide bonds. The van der Waals surface area contributed by atoms with E-state index in [2.05, 4.69) is 5.32 Å². The van der Waals surface area contributed by atoms with Gasteiger partial charge in [0, 0.05) is 37.4 Å². The fourth-order valence-corrected chi connectivity index (χ4v) is 2.97.